The van der Waals surface area contributed by atoms with Crippen LogP contribution < -0.4 is 25.4 Å². The number of ether oxygens (including phenoxy) is 2. The van der Waals surface area contributed by atoms with Crippen LogP contribution in [-0.4, -0.2) is 44.0 Å². The topological polar surface area (TPSA) is 84.0 Å². The predicted octanol–water partition coefficient (Wildman–Crippen LogP) is 3.84. The molecule has 0 radical (unpaired) electrons. The van der Waals surface area contributed by atoms with Gasteiger partial charge in [-0.15, -0.1) is 0 Å². The molecule has 36 heavy (non-hydrogen) atoms. The van der Waals surface area contributed by atoms with Crippen molar-refractivity contribution in [3.63, 3.8) is 0 Å². The molecule has 1 atom stereocenters. The van der Waals surface area contributed by atoms with E-state index in [-0.39, 0.29) is 12.2 Å². The number of allylic oxidation sites excluding steroid dienone is 1. The Kier molecular flexibility index (Phi) is 6.53. The Balaban J connectivity index is 1.26. The van der Waals surface area contributed by atoms with Gasteiger partial charge in [-0.3, -0.25) is 9.79 Å². The Morgan fingerprint density at radius 2 is 2.06 bits per heavy atom. The van der Waals surface area contributed by atoms with Crippen molar-refractivity contribution in [2.75, 3.05) is 26.2 Å². The quantitative estimate of drug-likeness (QED) is 0.560. The summed E-state index contributed by atoms with van der Waals surface area (Å²) >= 11 is 5.66. The van der Waals surface area contributed by atoms with Crippen LogP contribution in [0.15, 0.2) is 65.0 Å². The van der Waals surface area contributed by atoms with E-state index in [9.17, 15) is 18.0 Å². The van der Waals surface area contributed by atoms with Crippen molar-refractivity contribution in [3.8, 4) is 11.5 Å². The maximum atomic E-state index is 13.2. The van der Waals surface area contributed by atoms with Gasteiger partial charge in [-0.25, -0.2) is 0 Å². The molecule has 2 aromatic carbocycles. The van der Waals surface area contributed by atoms with Gasteiger partial charge < -0.3 is 25.4 Å². The van der Waals surface area contributed by atoms with Gasteiger partial charge in [0.05, 0.1) is 28.9 Å². The second kappa shape index (κ2) is 9.77. The van der Waals surface area contributed by atoms with E-state index >= 15 is 0 Å². The number of carbonyl (C=O) groups is 1. The highest BCUT2D eigenvalue weighted by Crippen LogP contribution is 2.35. The lowest BCUT2D eigenvalue weighted by Gasteiger charge is -2.27. The first-order valence-electron chi connectivity index (χ1n) is 11.3. The number of nitrogens with zero attached hydrogens (tertiary/aromatic N) is 1. The number of fused-ring (bicyclic) bond motifs is 1. The number of benzene rings is 2. The number of rotatable bonds is 5. The number of carbonyl (C=O) groups excluding carboxylic acids is 1. The summed E-state index contributed by atoms with van der Waals surface area (Å²) < 4.78 is 51.3. The van der Waals surface area contributed by atoms with Crippen LogP contribution in [0.2, 0.25) is 5.02 Å². The fourth-order valence-electron chi connectivity index (χ4n) is 4.13. The highest BCUT2D eigenvalue weighted by atomic mass is 35.5. The Morgan fingerprint density at radius 1 is 1.19 bits per heavy atom. The van der Waals surface area contributed by atoms with E-state index < -0.39 is 28.7 Å². The number of nitrogens with one attached hydrogen (secondary N) is 3. The minimum absolute atomic E-state index is 0.128. The molecule has 0 spiro atoms. The third-order valence-electron chi connectivity index (χ3n) is 5.85. The first kappa shape index (κ1) is 24.1. The smallest absolute Gasteiger partial charge is 0.417 e. The first-order chi connectivity index (χ1) is 17.3. The molecule has 3 heterocycles. The summed E-state index contributed by atoms with van der Waals surface area (Å²) in [5.74, 6) is 2.11. The van der Waals surface area contributed by atoms with Crippen molar-refractivity contribution < 1.29 is 27.4 Å². The second-order valence-corrected chi connectivity index (χ2v) is 8.86. The van der Waals surface area contributed by atoms with E-state index in [2.05, 4.69) is 20.9 Å². The molecule has 188 valence electrons. The van der Waals surface area contributed by atoms with Crippen molar-refractivity contribution in [2.45, 2.75) is 18.6 Å². The van der Waals surface area contributed by atoms with E-state index in [1.165, 1.54) is 6.07 Å². The lowest BCUT2D eigenvalue weighted by Crippen LogP contribution is -2.42. The molecule has 3 aliphatic heterocycles. The SMILES string of the molecule is O=C(NC1COc2ccc(OC3=CCNC(C4=NCCN4)=C3)cc2C1)c1ccc(Cl)c(C(F)(F)F)c1. The van der Waals surface area contributed by atoms with Crippen molar-refractivity contribution >= 4 is 23.3 Å². The van der Waals surface area contributed by atoms with Gasteiger partial charge in [-0.1, -0.05) is 11.6 Å². The Labute approximate surface area is 210 Å². The van der Waals surface area contributed by atoms with Gasteiger partial charge >= 0.3 is 6.18 Å². The second-order valence-electron chi connectivity index (χ2n) is 8.45. The van der Waals surface area contributed by atoms with Gasteiger partial charge in [0.1, 0.15) is 29.7 Å². The van der Waals surface area contributed by atoms with E-state index in [0.717, 1.165) is 42.3 Å². The van der Waals surface area contributed by atoms with Gasteiger partial charge in [0, 0.05) is 24.7 Å². The molecule has 0 aromatic heterocycles. The lowest BCUT2D eigenvalue weighted by atomic mass is 10.0. The summed E-state index contributed by atoms with van der Waals surface area (Å²) in [5.41, 5.74) is 0.502. The first-order valence-corrected chi connectivity index (χ1v) is 11.7. The predicted molar refractivity (Wildman–Crippen MR) is 128 cm³/mol. The van der Waals surface area contributed by atoms with Gasteiger partial charge in [-0.2, -0.15) is 13.2 Å². The highest BCUT2D eigenvalue weighted by molar-refractivity contribution is 6.31. The number of dihydropyridines is 1. The normalized spacial score (nSPS) is 19.0. The van der Waals surface area contributed by atoms with Crippen LogP contribution in [-0.2, 0) is 12.6 Å². The van der Waals surface area contributed by atoms with Crippen LogP contribution >= 0.6 is 11.6 Å². The number of amidine groups is 1. The lowest BCUT2D eigenvalue weighted by molar-refractivity contribution is -0.137. The van der Waals surface area contributed by atoms with Crippen LogP contribution in [0, 0.1) is 0 Å². The van der Waals surface area contributed by atoms with Crippen LogP contribution in [0.3, 0.4) is 0 Å². The number of halogens is 4. The largest absolute Gasteiger partial charge is 0.491 e. The fraction of sp³-hybridized carbons (Fsp3) is 0.280. The zero-order valence-electron chi connectivity index (χ0n) is 18.9. The number of hydrogen-bond donors (Lipinski definition) is 3. The number of alkyl halides is 3. The molecule has 1 unspecified atom stereocenters. The standard InChI is InChI=1S/C25H22ClF3N4O3/c26-20-3-1-14(11-19(20)25(27,28)29)24(34)33-16-9-15-10-17(2-4-22(15)35-13-16)36-18-5-6-30-21(12-18)23-31-7-8-32-23/h1-5,10-12,16,30H,6-9,13H2,(H,31,32)(H,33,34). The molecule has 0 saturated carbocycles. The third-order valence-corrected chi connectivity index (χ3v) is 6.18. The summed E-state index contributed by atoms with van der Waals surface area (Å²) in [6, 6.07) is 8.08. The molecule has 3 aliphatic rings. The third kappa shape index (κ3) is 5.28. The molecule has 0 bridgehead atoms. The maximum absolute atomic E-state index is 13.2. The highest BCUT2D eigenvalue weighted by Gasteiger charge is 2.34. The van der Waals surface area contributed by atoms with Crippen molar-refractivity contribution in [2.24, 2.45) is 4.99 Å². The fourth-order valence-corrected chi connectivity index (χ4v) is 4.36. The number of amides is 1. The number of hydrogen-bond acceptors (Lipinski definition) is 6. The zero-order valence-corrected chi connectivity index (χ0v) is 19.7. The molecule has 0 aliphatic carbocycles. The van der Waals surface area contributed by atoms with E-state index in [1.54, 1.807) is 12.1 Å². The molecule has 3 N–H and O–H groups in total. The minimum atomic E-state index is -4.66. The van der Waals surface area contributed by atoms with Crippen LogP contribution in [0.1, 0.15) is 21.5 Å². The van der Waals surface area contributed by atoms with Crippen LogP contribution in [0.4, 0.5) is 13.2 Å². The molecular weight excluding hydrogens is 497 g/mol. The molecule has 1 amide bonds. The monoisotopic (exact) mass is 518 g/mol. The van der Waals surface area contributed by atoms with Gasteiger partial charge in [0.25, 0.3) is 5.91 Å². The Hall–Kier alpha value is -3.66. The van der Waals surface area contributed by atoms with E-state index in [4.69, 9.17) is 21.1 Å². The Bertz CT molecular complexity index is 1290. The summed E-state index contributed by atoms with van der Waals surface area (Å²) in [7, 11) is 0. The summed E-state index contributed by atoms with van der Waals surface area (Å²) in [4.78, 5) is 17.1. The molecule has 0 saturated heterocycles. The van der Waals surface area contributed by atoms with E-state index in [0.29, 0.717) is 30.2 Å². The molecule has 2 aromatic rings. The minimum Gasteiger partial charge on any atom is -0.491 e. The molecule has 5 rings (SSSR count). The van der Waals surface area contributed by atoms with E-state index in [1.807, 2.05) is 18.2 Å². The summed E-state index contributed by atoms with van der Waals surface area (Å²) in [6.45, 7) is 2.33. The van der Waals surface area contributed by atoms with Crippen molar-refractivity contribution in [1.82, 2.24) is 16.0 Å². The molecule has 7 nitrogen and oxygen atoms in total. The Morgan fingerprint density at radius 3 is 2.83 bits per heavy atom. The number of aliphatic imine (C=N–C) groups is 1. The maximum Gasteiger partial charge on any atom is 0.417 e. The van der Waals surface area contributed by atoms with Crippen LogP contribution in [0.25, 0.3) is 0 Å². The zero-order chi connectivity index (χ0) is 25.3. The van der Waals surface area contributed by atoms with Gasteiger partial charge in [0.15, 0.2) is 0 Å². The summed E-state index contributed by atoms with van der Waals surface area (Å²) in [5, 5.41) is 8.77. The van der Waals surface area contributed by atoms with Crippen molar-refractivity contribution in [3.05, 3.63) is 81.7 Å². The van der Waals surface area contributed by atoms with Crippen LogP contribution in [0.5, 0.6) is 11.5 Å². The molecule has 11 heteroatoms. The average Bonchev–Trinajstić information content (AvgIpc) is 3.39. The average molecular weight is 519 g/mol. The van der Waals surface area contributed by atoms with Crippen molar-refractivity contribution in [1.29, 1.82) is 0 Å². The molecular formula is C25H22ClF3N4O3. The van der Waals surface area contributed by atoms with Gasteiger partial charge in [0.2, 0.25) is 0 Å². The molecule has 0 fully saturated rings. The summed E-state index contributed by atoms with van der Waals surface area (Å²) in [6.07, 6.45) is -0.432. The van der Waals surface area contributed by atoms with Gasteiger partial charge in [-0.05, 0) is 54.5 Å².